The Kier molecular flexibility index (Phi) is 5.35. The Labute approximate surface area is 229 Å². The Balaban J connectivity index is 1.77. The molecule has 3 fully saturated rings. The highest BCUT2D eigenvalue weighted by molar-refractivity contribution is 5.54. The third-order valence-electron chi connectivity index (χ3n) is 15.2. The monoisotopic (exact) mass is 500 g/mol. The van der Waals surface area contributed by atoms with E-state index in [2.05, 4.69) is 101 Å². The minimum Gasteiger partial charge on any atom is -0.0996 e. The van der Waals surface area contributed by atoms with E-state index in [4.69, 9.17) is 6.58 Å². The summed E-state index contributed by atoms with van der Waals surface area (Å²) < 4.78 is 0. The molecule has 7 atom stereocenters. The SMILES string of the molecule is C=C(C)C12CCC(C)(C)CC1C1(C)C(=C)C=C3C4(C)C=C(C)C(=C)C(C)(C)[C@]4(C)CCC3(C)[C@]1(C)CC2. The van der Waals surface area contributed by atoms with Crippen molar-refractivity contribution < 1.29 is 0 Å². The van der Waals surface area contributed by atoms with Gasteiger partial charge in [0.25, 0.3) is 0 Å². The van der Waals surface area contributed by atoms with Crippen LogP contribution in [0.15, 0.2) is 59.8 Å². The van der Waals surface area contributed by atoms with Crippen molar-refractivity contribution in [2.24, 2.45) is 49.2 Å². The molecule has 0 aliphatic heterocycles. The molecule has 5 rings (SSSR count). The maximum Gasteiger partial charge on any atom is 0.0139 e. The molecule has 0 heterocycles. The van der Waals surface area contributed by atoms with Gasteiger partial charge in [0.2, 0.25) is 0 Å². The second kappa shape index (κ2) is 7.26. The largest absolute Gasteiger partial charge is 0.0996 e. The van der Waals surface area contributed by atoms with Crippen molar-refractivity contribution in [1.82, 2.24) is 0 Å². The number of allylic oxidation sites excluding steroid dienone is 7. The second-order valence-electron chi connectivity index (χ2n) is 16.8. The van der Waals surface area contributed by atoms with Crippen LogP contribution in [0, 0.1) is 49.2 Å². The predicted octanol–water partition coefficient (Wildman–Crippen LogP) is 11.0. The van der Waals surface area contributed by atoms with Gasteiger partial charge in [0.05, 0.1) is 0 Å². The summed E-state index contributed by atoms with van der Waals surface area (Å²) in [6.45, 7) is 42.0. The molecule has 0 spiro atoms. The highest BCUT2D eigenvalue weighted by Crippen LogP contribution is 2.82. The van der Waals surface area contributed by atoms with Crippen LogP contribution in [0.4, 0.5) is 0 Å². The molecule has 0 N–H and O–H groups in total. The highest BCUT2D eigenvalue weighted by Gasteiger charge is 2.74. The van der Waals surface area contributed by atoms with Gasteiger partial charge < -0.3 is 0 Å². The normalized spacial score (nSPS) is 50.1. The van der Waals surface area contributed by atoms with Crippen LogP contribution < -0.4 is 0 Å². The van der Waals surface area contributed by atoms with Crippen LogP contribution in [0.1, 0.15) is 121 Å². The fourth-order valence-corrected chi connectivity index (χ4v) is 11.4. The van der Waals surface area contributed by atoms with E-state index in [9.17, 15) is 0 Å². The Bertz CT molecular complexity index is 1170. The number of hydrogen-bond donors (Lipinski definition) is 0. The van der Waals surface area contributed by atoms with E-state index in [1.165, 1.54) is 67.2 Å². The van der Waals surface area contributed by atoms with Crippen LogP contribution in [0.5, 0.6) is 0 Å². The molecule has 0 radical (unpaired) electrons. The average Bonchev–Trinajstić information content (AvgIpc) is 2.79. The first-order valence-corrected chi connectivity index (χ1v) is 15.2. The standard InChI is InChI=1S/C37H56/c1-24(2)37-19-15-30(6,7)23-29(37)36(14)26(4)21-28-32(10,35(36,13)18-20-37)16-17-34(12)31(8,9)27(5)25(3)22-33(28,34)11/h21-22,29H,1,4-5,15-20,23H2,2-3,6-14H3/t29?,32?,33?,34-,35-,36?,37?/m0/s1. The van der Waals surface area contributed by atoms with Crippen molar-refractivity contribution in [2.45, 2.75) is 121 Å². The fourth-order valence-electron chi connectivity index (χ4n) is 11.4. The van der Waals surface area contributed by atoms with E-state index in [-0.39, 0.29) is 37.9 Å². The number of rotatable bonds is 1. The lowest BCUT2D eigenvalue weighted by Gasteiger charge is -2.76. The second-order valence-corrected chi connectivity index (χ2v) is 16.8. The van der Waals surface area contributed by atoms with Gasteiger partial charge in [0, 0.05) is 10.8 Å². The molecule has 5 aliphatic rings. The molecule has 5 unspecified atom stereocenters. The van der Waals surface area contributed by atoms with Crippen molar-refractivity contribution in [3.8, 4) is 0 Å². The van der Waals surface area contributed by atoms with E-state index in [0.717, 1.165) is 0 Å². The maximum atomic E-state index is 4.98. The van der Waals surface area contributed by atoms with Gasteiger partial charge in [-0.25, -0.2) is 0 Å². The van der Waals surface area contributed by atoms with Gasteiger partial charge >= 0.3 is 0 Å². The van der Waals surface area contributed by atoms with Crippen LogP contribution in [-0.4, -0.2) is 0 Å². The number of fused-ring (bicyclic) bond motifs is 7. The molecule has 37 heavy (non-hydrogen) atoms. The van der Waals surface area contributed by atoms with E-state index in [1.807, 2.05) is 0 Å². The average molecular weight is 501 g/mol. The maximum absolute atomic E-state index is 4.98. The molecule has 0 heteroatoms. The topological polar surface area (TPSA) is 0 Å². The molecule has 0 amide bonds. The smallest absolute Gasteiger partial charge is 0.0139 e. The Morgan fingerprint density at radius 3 is 1.97 bits per heavy atom. The summed E-state index contributed by atoms with van der Waals surface area (Å²) in [7, 11) is 0. The molecule has 0 saturated heterocycles. The van der Waals surface area contributed by atoms with E-state index < -0.39 is 0 Å². The zero-order valence-electron chi connectivity index (χ0n) is 26.3. The first-order chi connectivity index (χ1) is 16.7. The first-order valence-electron chi connectivity index (χ1n) is 15.2. The summed E-state index contributed by atoms with van der Waals surface area (Å²) in [5, 5.41) is 0. The Morgan fingerprint density at radius 2 is 1.38 bits per heavy atom. The van der Waals surface area contributed by atoms with Crippen molar-refractivity contribution >= 4 is 0 Å². The summed E-state index contributed by atoms with van der Waals surface area (Å²) in [6, 6.07) is 0. The van der Waals surface area contributed by atoms with Crippen molar-refractivity contribution in [3.63, 3.8) is 0 Å². The molecule has 5 aliphatic carbocycles. The molecule has 0 aromatic carbocycles. The lowest BCUT2D eigenvalue weighted by molar-refractivity contribution is -0.187. The van der Waals surface area contributed by atoms with Gasteiger partial charge in [-0.05, 0) is 108 Å². The predicted molar refractivity (Wildman–Crippen MR) is 161 cm³/mol. The molecule has 0 nitrogen and oxygen atoms in total. The quantitative estimate of drug-likeness (QED) is 0.314. The van der Waals surface area contributed by atoms with Crippen molar-refractivity contribution in [2.75, 3.05) is 0 Å². The third kappa shape index (κ3) is 2.77. The molecular formula is C37H56. The van der Waals surface area contributed by atoms with Gasteiger partial charge in [-0.3, -0.25) is 0 Å². The van der Waals surface area contributed by atoms with Crippen LogP contribution in [0.3, 0.4) is 0 Å². The van der Waals surface area contributed by atoms with Gasteiger partial charge in [-0.1, -0.05) is 111 Å². The molecule has 0 bridgehead atoms. The van der Waals surface area contributed by atoms with Gasteiger partial charge in [0.1, 0.15) is 0 Å². The third-order valence-corrected chi connectivity index (χ3v) is 15.2. The van der Waals surface area contributed by atoms with E-state index in [0.29, 0.717) is 11.3 Å². The van der Waals surface area contributed by atoms with Crippen LogP contribution in [0.2, 0.25) is 0 Å². The molecule has 0 aromatic heterocycles. The molecule has 0 aromatic rings. The zero-order valence-corrected chi connectivity index (χ0v) is 26.3. The van der Waals surface area contributed by atoms with Crippen molar-refractivity contribution in [1.29, 1.82) is 0 Å². The number of hydrogen-bond acceptors (Lipinski definition) is 0. The van der Waals surface area contributed by atoms with E-state index >= 15 is 0 Å². The minimum absolute atomic E-state index is 0.00320. The van der Waals surface area contributed by atoms with Crippen LogP contribution in [0.25, 0.3) is 0 Å². The van der Waals surface area contributed by atoms with Gasteiger partial charge in [-0.2, -0.15) is 0 Å². The summed E-state index contributed by atoms with van der Waals surface area (Å²) in [6.07, 6.45) is 14.2. The van der Waals surface area contributed by atoms with Gasteiger partial charge in [-0.15, -0.1) is 0 Å². The molecular weight excluding hydrogens is 444 g/mol. The van der Waals surface area contributed by atoms with E-state index in [1.54, 1.807) is 5.57 Å². The van der Waals surface area contributed by atoms with Crippen molar-refractivity contribution in [3.05, 3.63) is 59.8 Å². The van der Waals surface area contributed by atoms with Crippen LogP contribution in [-0.2, 0) is 0 Å². The summed E-state index contributed by atoms with van der Waals surface area (Å²) >= 11 is 0. The summed E-state index contributed by atoms with van der Waals surface area (Å²) in [5.74, 6) is 0.600. The molecule has 3 saturated carbocycles. The molecule has 204 valence electrons. The lowest BCUT2D eigenvalue weighted by Crippen LogP contribution is -2.68. The summed E-state index contributed by atoms with van der Waals surface area (Å²) in [4.78, 5) is 0. The lowest BCUT2D eigenvalue weighted by atomic mass is 9.28. The Morgan fingerprint density at radius 1 is 0.811 bits per heavy atom. The van der Waals surface area contributed by atoms with Gasteiger partial charge in [0.15, 0.2) is 0 Å². The Hall–Kier alpha value is -1.30. The fraction of sp³-hybridized carbons (Fsp3) is 0.730. The summed E-state index contributed by atoms with van der Waals surface area (Å²) in [5.41, 5.74) is 8.40. The highest BCUT2D eigenvalue weighted by atomic mass is 14.8. The zero-order chi connectivity index (χ0) is 27.8. The first kappa shape index (κ1) is 27.3. The minimum atomic E-state index is -0.00320. The van der Waals surface area contributed by atoms with Crippen LogP contribution >= 0.6 is 0 Å².